The van der Waals surface area contributed by atoms with Crippen LogP contribution in [0.3, 0.4) is 0 Å². The highest BCUT2D eigenvalue weighted by Crippen LogP contribution is 2.34. The minimum absolute atomic E-state index is 0.140. The van der Waals surface area contributed by atoms with Gasteiger partial charge in [0.1, 0.15) is 11.4 Å². The number of nitrogen functional groups attached to an aromatic ring is 1. The molecule has 2 aromatic carbocycles. The zero-order chi connectivity index (χ0) is 19.5. The lowest BCUT2D eigenvalue weighted by Crippen LogP contribution is -2.38. The molecule has 3 aromatic rings. The Bertz CT molecular complexity index is 962. The second-order valence-corrected chi connectivity index (χ2v) is 7.28. The van der Waals surface area contributed by atoms with Gasteiger partial charge in [0, 0.05) is 23.7 Å². The van der Waals surface area contributed by atoms with Gasteiger partial charge in [-0.2, -0.15) is 5.10 Å². The molecule has 0 radical (unpaired) electrons. The zero-order valence-corrected chi connectivity index (χ0v) is 16.2. The van der Waals surface area contributed by atoms with Crippen molar-refractivity contribution in [3.63, 3.8) is 0 Å². The summed E-state index contributed by atoms with van der Waals surface area (Å²) >= 11 is 6.00. The summed E-state index contributed by atoms with van der Waals surface area (Å²) in [5, 5.41) is 8.33. The third-order valence-electron chi connectivity index (χ3n) is 4.91. The summed E-state index contributed by atoms with van der Waals surface area (Å²) in [6.45, 7) is 1.52. The first-order valence-corrected chi connectivity index (χ1v) is 9.77. The highest BCUT2D eigenvalue weighted by molar-refractivity contribution is 6.30. The van der Waals surface area contributed by atoms with Crippen LogP contribution in [0.1, 0.15) is 19.3 Å². The highest BCUT2D eigenvalue weighted by Gasteiger charge is 2.23. The van der Waals surface area contributed by atoms with E-state index >= 15 is 0 Å². The van der Waals surface area contributed by atoms with E-state index in [0.29, 0.717) is 22.2 Å². The molecule has 6 nitrogen and oxygen atoms in total. The van der Waals surface area contributed by atoms with E-state index in [1.807, 2.05) is 47.4 Å². The number of anilines is 2. The third kappa shape index (κ3) is 3.68. The maximum absolute atomic E-state index is 12.8. The van der Waals surface area contributed by atoms with Gasteiger partial charge in [-0.05, 0) is 43.5 Å². The van der Waals surface area contributed by atoms with Crippen LogP contribution in [0.15, 0.2) is 54.6 Å². The molecule has 1 aliphatic rings. The van der Waals surface area contributed by atoms with Crippen LogP contribution in [0.2, 0.25) is 5.02 Å². The molecule has 7 heteroatoms. The zero-order valence-electron chi connectivity index (χ0n) is 15.4. The summed E-state index contributed by atoms with van der Waals surface area (Å²) in [5.74, 6) is 0.381. The molecule has 1 saturated heterocycles. The number of nitrogens with two attached hydrogens (primary N) is 1. The number of nitrogens with one attached hydrogen (secondary N) is 1. The summed E-state index contributed by atoms with van der Waals surface area (Å²) in [6, 6.07) is 16.8. The predicted molar refractivity (Wildman–Crippen MR) is 113 cm³/mol. The number of piperidine rings is 1. The first kappa shape index (κ1) is 18.4. The average molecular weight is 396 g/mol. The number of carbonyl (C=O) groups excluding carboxylic acids is 1. The number of carbonyl (C=O) groups is 1. The lowest BCUT2D eigenvalue weighted by Gasteiger charge is -2.26. The van der Waals surface area contributed by atoms with Crippen LogP contribution in [0.4, 0.5) is 16.3 Å². The average Bonchev–Trinajstić information content (AvgIpc) is 3.06. The molecule has 1 aliphatic heterocycles. The van der Waals surface area contributed by atoms with Gasteiger partial charge in [-0.3, -0.25) is 0 Å². The van der Waals surface area contributed by atoms with Gasteiger partial charge in [0.05, 0.1) is 5.69 Å². The second-order valence-electron chi connectivity index (χ2n) is 6.84. The Labute approximate surface area is 168 Å². The minimum atomic E-state index is -0.140. The van der Waals surface area contributed by atoms with Gasteiger partial charge >= 0.3 is 6.03 Å². The Kier molecular flexibility index (Phi) is 5.21. The van der Waals surface area contributed by atoms with E-state index in [-0.39, 0.29) is 6.03 Å². The number of halogens is 1. The fourth-order valence-corrected chi connectivity index (χ4v) is 3.54. The molecular weight excluding hydrogens is 374 g/mol. The fourth-order valence-electron chi connectivity index (χ4n) is 3.41. The molecule has 0 aliphatic carbocycles. The van der Waals surface area contributed by atoms with Crippen molar-refractivity contribution in [2.24, 2.45) is 0 Å². The van der Waals surface area contributed by atoms with Gasteiger partial charge in [0.25, 0.3) is 0 Å². The number of aromatic nitrogens is 2. The quantitative estimate of drug-likeness (QED) is 0.669. The molecule has 0 saturated carbocycles. The number of amides is 2. The predicted octanol–water partition coefficient (Wildman–Crippen LogP) is 4.79. The van der Waals surface area contributed by atoms with Crippen LogP contribution in [0.5, 0.6) is 0 Å². The highest BCUT2D eigenvalue weighted by atomic mass is 35.5. The van der Waals surface area contributed by atoms with Crippen molar-refractivity contribution in [1.82, 2.24) is 14.7 Å². The number of urea groups is 1. The molecule has 2 heterocycles. The van der Waals surface area contributed by atoms with Gasteiger partial charge in [0.2, 0.25) is 0 Å². The van der Waals surface area contributed by atoms with Crippen molar-refractivity contribution in [1.29, 1.82) is 0 Å². The summed E-state index contributed by atoms with van der Waals surface area (Å²) in [5.41, 5.74) is 9.25. The van der Waals surface area contributed by atoms with Crippen molar-refractivity contribution >= 4 is 29.1 Å². The van der Waals surface area contributed by atoms with Crippen LogP contribution in [-0.2, 0) is 0 Å². The smallest absolute Gasteiger partial charge is 0.322 e. The lowest BCUT2D eigenvalue weighted by molar-refractivity contribution is 0.200. The molecule has 0 spiro atoms. The fraction of sp³-hybridized carbons (Fsp3) is 0.238. The third-order valence-corrected chi connectivity index (χ3v) is 5.17. The van der Waals surface area contributed by atoms with E-state index in [2.05, 4.69) is 5.32 Å². The second kappa shape index (κ2) is 7.94. The standard InChI is InChI=1S/C21H22ClN5O/c22-16-9-11-17(12-10-16)27-20(23)19(18(25-27)15-7-3-1-4-8-15)24-21(28)26-13-5-2-6-14-26/h1,3-4,7-12H,2,5-6,13-14,23H2,(H,24,28). The van der Waals surface area contributed by atoms with Gasteiger partial charge < -0.3 is 16.0 Å². The summed E-state index contributed by atoms with van der Waals surface area (Å²) in [6.07, 6.45) is 3.21. The molecular formula is C21H22ClN5O. The Morgan fingerprint density at radius 2 is 1.68 bits per heavy atom. The van der Waals surface area contributed by atoms with Crippen molar-refractivity contribution in [3.8, 4) is 16.9 Å². The number of hydrogen-bond acceptors (Lipinski definition) is 3. The van der Waals surface area contributed by atoms with E-state index in [1.54, 1.807) is 16.8 Å². The molecule has 28 heavy (non-hydrogen) atoms. The van der Waals surface area contributed by atoms with Crippen LogP contribution in [0, 0.1) is 0 Å². The topological polar surface area (TPSA) is 76.2 Å². The van der Waals surface area contributed by atoms with Crippen molar-refractivity contribution in [2.75, 3.05) is 24.1 Å². The van der Waals surface area contributed by atoms with Crippen LogP contribution in [0.25, 0.3) is 16.9 Å². The number of likely N-dealkylation sites (tertiary alicyclic amines) is 1. The maximum Gasteiger partial charge on any atom is 0.322 e. The van der Waals surface area contributed by atoms with Crippen LogP contribution < -0.4 is 11.1 Å². The van der Waals surface area contributed by atoms with E-state index in [4.69, 9.17) is 22.4 Å². The maximum atomic E-state index is 12.8. The lowest BCUT2D eigenvalue weighted by atomic mass is 10.1. The van der Waals surface area contributed by atoms with Gasteiger partial charge in [-0.25, -0.2) is 9.48 Å². The van der Waals surface area contributed by atoms with E-state index < -0.39 is 0 Å². The molecule has 0 bridgehead atoms. The largest absolute Gasteiger partial charge is 0.382 e. The van der Waals surface area contributed by atoms with E-state index in [1.165, 1.54) is 0 Å². The first-order valence-electron chi connectivity index (χ1n) is 9.39. The molecule has 1 aromatic heterocycles. The van der Waals surface area contributed by atoms with Crippen molar-refractivity contribution < 1.29 is 4.79 Å². The minimum Gasteiger partial charge on any atom is -0.382 e. The normalized spacial score (nSPS) is 14.1. The molecule has 0 atom stereocenters. The first-order chi connectivity index (χ1) is 13.6. The molecule has 1 fully saturated rings. The monoisotopic (exact) mass is 395 g/mol. The number of benzene rings is 2. The van der Waals surface area contributed by atoms with Crippen molar-refractivity contribution in [3.05, 3.63) is 59.6 Å². The van der Waals surface area contributed by atoms with Gasteiger partial charge in [-0.1, -0.05) is 41.9 Å². The Morgan fingerprint density at radius 3 is 2.36 bits per heavy atom. The number of rotatable bonds is 3. The Balaban J connectivity index is 1.74. The SMILES string of the molecule is Nc1c(NC(=O)N2CCCCC2)c(-c2ccccc2)nn1-c1ccc(Cl)cc1. The van der Waals surface area contributed by atoms with E-state index in [0.717, 1.165) is 43.6 Å². The molecule has 2 amide bonds. The summed E-state index contributed by atoms with van der Waals surface area (Å²) < 4.78 is 1.63. The van der Waals surface area contributed by atoms with E-state index in [9.17, 15) is 4.79 Å². The summed E-state index contributed by atoms with van der Waals surface area (Å²) in [7, 11) is 0. The molecule has 3 N–H and O–H groups in total. The Morgan fingerprint density at radius 1 is 1.00 bits per heavy atom. The number of nitrogens with zero attached hydrogens (tertiary/aromatic N) is 3. The van der Waals surface area contributed by atoms with Crippen LogP contribution in [-0.4, -0.2) is 33.8 Å². The van der Waals surface area contributed by atoms with Crippen molar-refractivity contribution in [2.45, 2.75) is 19.3 Å². The molecule has 4 rings (SSSR count). The molecule has 144 valence electrons. The molecule has 0 unspecified atom stereocenters. The van der Waals surface area contributed by atoms with Gasteiger partial charge in [0.15, 0.2) is 5.82 Å². The van der Waals surface area contributed by atoms with Gasteiger partial charge in [-0.15, -0.1) is 0 Å². The Hall–Kier alpha value is -2.99. The summed E-state index contributed by atoms with van der Waals surface area (Å²) in [4.78, 5) is 14.6. The number of hydrogen-bond donors (Lipinski definition) is 2. The van der Waals surface area contributed by atoms with Crippen LogP contribution >= 0.6 is 11.6 Å².